The molecule has 1 aliphatic rings. The standard InChI is InChI=1S/C14H24N2O4/c1-16(11-7-4-2-3-5-8-11)14(20)15-12(17)9-6-10-13(18)19/h11H,2-10H2,1H3,(H,18,19)(H,15,17,20). The van der Waals surface area contributed by atoms with Gasteiger partial charge in [0.05, 0.1) is 0 Å². The second-order valence-electron chi connectivity index (χ2n) is 5.36. The molecule has 1 aliphatic carbocycles. The van der Waals surface area contributed by atoms with Crippen molar-refractivity contribution in [3.63, 3.8) is 0 Å². The van der Waals surface area contributed by atoms with Gasteiger partial charge in [-0.3, -0.25) is 14.9 Å². The van der Waals surface area contributed by atoms with Gasteiger partial charge >= 0.3 is 12.0 Å². The van der Waals surface area contributed by atoms with Crippen LogP contribution in [0.4, 0.5) is 4.79 Å². The van der Waals surface area contributed by atoms with Gasteiger partial charge in [0.15, 0.2) is 0 Å². The fourth-order valence-corrected chi connectivity index (χ4v) is 2.48. The van der Waals surface area contributed by atoms with E-state index in [4.69, 9.17) is 5.11 Å². The van der Waals surface area contributed by atoms with Crippen molar-refractivity contribution in [2.45, 2.75) is 63.8 Å². The molecule has 0 heterocycles. The van der Waals surface area contributed by atoms with Crippen LogP contribution in [0.1, 0.15) is 57.8 Å². The van der Waals surface area contributed by atoms with Crippen LogP contribution < -0.4 is 5.32 Å². The van der Waals surface area contributed by atoms with Crippen LogP contribution in [0.5, 0.6) is 0 Å². The molecule has 1 fully saturated rings. The second kappa shape index (κ2) is 8.55. The van der Waals surface area contributed by atoms with E-state index in [1.165, 1.54) is 12.8 Å². The lowest BCUT2D eigenvalue weighted by atomic mass is 10.1. The van der Waals surface area contributed by atoms with E-state index in [0.29, 0.717) is 0 Å². The largest absolute Gasteiger partial charge is 0.481 e. The average molecular weight is 284 g/mol. The Bertz CT molecular complexity index is 349. The zero-order chi connectivity index (χ0) is 15.0. The number of carboxylic acid groups (broad SMARTS) is 1. The predicted octanol–water partition coefficient (Wildman–Crippen LogP) is 2.13. The SMILES string of the molecule is CN(C(=O)NC(=O)CCCC(=O)O)C1CCCCCC1. The number of hydrogen-bond acceptors (Lipinski definition) is 3. The molecule has 2 N–H and O–H groups in total. The topological polar surface area (TPSA) is 86.7 Å². The summed E-state index contributed by atoms with van der Waals surface area (Å²) in [6.07, 6.45) is 6.89. The fraction of sp³-hybridized carbons (Fsp3) is 0.786. The van der Waals surface area contributed by atoms with Crippen molar-refractivity contribution in [1.29, 1.82) is 0 Å². The minimum atomic E-state index is -0.931. The molecule has 0 atom stereocenters. The van der Waals surface area contributed by atoms with Crippen molar-refractivity contribution in [3.05, 3.63) is 0 Å². The van der Waals surface area contributed by atoms with Crippen molar-refractivity contribution in [2.24, 2.45) is 0 Å². The Labute approximate surface area is 119 Å². The van der Waals surface area contributed by atoms with Gasteiger partial charge in [-0.05, 0) is 19.3 Å². The van der Waals surface area contributed by atoms with Crippen LogP contribution in [0, 0.1) is 0 Å². The summed E-state index contributed by atoms with van der Waals surface area (Å²) < 4.78 is 0. The molecule has 0 saturated heterocycles. The lowest BCUT2D eigenvalue weighted by molar-refractivity contribution is -0.137. The summed E-state index contributed by atoms with van der Waals surface area (Å²) in [5.41, 5.74) is 0. The van der Waals surface area contributed by atoms with E-state index < -0.39 is 11.9 Å². The number of nitrogens with one attached hydrogen (secondary N) is 1. The van der Waals surface area contributed by atoms with Crippen molar-refractivity contribution >= 4 is 17.9 Å². The highest BCUT2D eigenvalue weighted by Gasteiger charge is 2.22. The molecule has 0 aromatic heterocycles. The van der Waals surface area contributed by atoms with Crippen LogP contribution in [0.15, 0.2) is 0 Å². The van der Waals surface area contributed by atoms with E-state index in [2.05, 4.69) is 5.32 Å². The maximum Gasteiger partial charge on any atom is 0.324 e. The van der Waals surface area contributed by atoms with Gasteiger partial charge in [0, 0.05) is 25.9 Å². The van der Waals surface area contributed by atoms with Crippen LogP contribution in [-0.2, 0) is 9.59 Å². The average Bonchev–Trinajstić information content (AvgIpc) is 2.66. The van der Waals surface area contributed by atoms with Gasteiger partial charge in [-0.1, -0.05) is 25.7 Å². The number of hydrogen-bond donors (Lipinski definition) is 2. The lowest BCUT2D eigenvalue weighted by Gasteiger charge is -2.27. The summed E-state index contributed by atoms with van der Waals surface area (Å²) in [7, 11) is 1.72. The normalized spacial score (nSPS) is 16.2. The molecule has 0 radical (unpaired) electrons. The Morgan fingerprint density at radius 3 is 2.25 bits per heavy atom. The highest BCUT2D eigenvalue weighted by atomic mass is 16.4. The molecule has 6 nitrogen and oxygen atoms in total. The number of carbonyl (C=O) groups is 3. The summed E-state index contributed by atoms with van der Waals surface area (Å²) >= 11 is 0. The number of carbonyl (C=O) groups excluding carboxylic acids is 2. The monoisotopic (exact) mass is 284 g/mol. The van der Waals surface area contributed by atoms with Crippen molar-refractivity contribution in [1.82, 2.24) is 10.2 Å². The molecule has 114 valence electrons. The van der Waals surface area contributed by atoms with Crippen LogP contribution >= 0.6 is 0 Å². The lowest BCUT2D eigenvalue weighted by Crippen LogP contribution is -2.45. The molecule has 0 aromatic carbocycles. The van der Waals surface area contributed by atoms with Crippen LogP contribution in [0.25, 0.3) is 0 Å². The summed E-state index contributed by atoms with van der Waals surface area (Å²) in [6, 6.07) is -0.179. The number of aliphatic carboxylic acids is 1. The second-order valence-corrected chi connectivity index (χ2v) is 5.36. The summed E-state index contributed by atoms with van der Waals surface area (Å²) in [5.74, 6) is -1.34. The van der Waals surface area contributed by atoms with E-state index in [9.17, 15) is 14.4 Å². The molecule has 20 heavy (non-hydrogen) atoms. The Hall–Kier alpha value is -1.59. The van der Waals surface area contributed by atoms with Crippen LogP contribution in [0.2, 0.25) is 0 Å². The summed E-state index contributed by atoms with van der Waals surface area (Å²) in [6.45, 7) is 0. The number of nitrogens with zero attached hydrogens (tertiary/aromatic N) is 1. The molecular weight excluding hydrogens is 260 g/mol. The molecule has 0 spiro atoms. The van der Waals surface area contributed by atoms with Gasteiger partial charge in [-0.15, -0.1) is 0 Å². The van der Waals surface area contributed by atoms with Gasteiger partial charge in [0.25, 0.3) is 0 Å². The van der Waals surface area contributed by atoms with E-state index in [1.807, 2.05) is 0 Å². The molecule has 0 aliphatic heterocycles. The van der Waals surface area contributed by atoms with Gasteiger partial charge in [0.2, 0.25) is 5.91 Å². The highest BCUT2D eigenvalue weighted by Crippen LogP contribution is 2.20. The van der Waals surface area contributed by atoms with Crippen molar-refractivity contribution in [3.8, 4) is 0 Å². The first-order valence-electron chi connectivity index (χ1n) is 7.29. The third-order valence-electron chi connectivity index (χ3n) is 3.73. The number of amides is 3. The molecular formula is C14H24N2O4. The molecule has 0 aromatic rings. The Morgan fingerprint density at radius 1 is 1.10 bits per heavy atom. The maximum absolute atomic E-state index is 11.9. The molecule has 6 heteroatoms. The number of urea groups is 1. The molecule has 1 rings (SSSR count). The molecule has 0 bridgehead atoms. The number of imide groups is 1. The van der Waals surface area contributed by atoms with Gasteiger partial charge in [0.1, 0.15) is 0 Å². The van der Waals surface area contributed by atoms with E-state index in [-0.39, 0.29) is 31.3 Å². The third-order valence-corrected chi connectivity index (χ3v) is 3.73. The van der Waals surface area contributed by atoms with Gasteiger partial charge < -0.3 is 10.0 Å². The first kappa shape index (κ1) is 16.5. The minimum Gasteiger partial charge on any atom is -0.481 e. The fourth-order valence-electron chi connectivity index (χ4n) is 2.48. The minimum absolute atomic E-state index is 0.0555. The zero-order valence-corrected chi connectivity index (χ0v) is 12.1. The molecule has 0 unspecified atom stereocenters. The Morgan fingerprint density at radius 2 is 1.70 bits per heavy atom. The van der Waals surface area contributed by atoms with E-state index in [0.717, 1.165) is 25.7 Å². The first-order chi connectivity index (χ1) is 9.50. The Kier molecular flexibility index (Phi) is 7.04. The third kappa shape index (κ3) is 6.04. The van der Waals surface area contributed by atoms with Gasteiger partial charge in [-0.25, -0.2) is 4.79 Å². The van der Waals surface area contributed by atoms with Crippen molar-refractivity contribution < 1.29 is 19.5 Å². The first-order valence-corrected chi connectivity index (χ1v) is 7.29. The maximum atomic E-state index is 11.9. The van der Waals surface area contributed by atoms with Crippen LogP contribution in [0.3, 0.4) is 0 Å². The smallest absolute Gasteiger partial charge is 0.324 e. The highest BCUT2D eigenvalue weighted by molar-refractivity contribution is 5.94. The van der Waals surface area contributed by atoms with Crippen molar-refractivity contribution in [2.75, 3.05) is 7.05 Å². The van der Waals surface area contributed by atoms with E-state index in [1.54, 1.807) is 11.9 Å². The van der Waals surface area contributed by atoms with Gasteiger partial charge in [-0.2, -0.15) is 0 Å². The summed E-state index contributed by atoms with van der Waals surface area (Å²) in [5, 5.41) is 10.8. The number of carboxylic acids is 1. The molecule has 3 amide bonds. The molecule has 1 saturated carbocycles. The van der Waals surface area contributed by atoms with E-state index >= 15 is 0 Å². The Balaban J connectivity index is 2.32. The predicted molar refractivity (Wildman–Crippen MR) is 74.3 cm³/mol. The van der Waals surface area contributed by atoms with Crippen LogP contribution in [-0.4, -0.2) is 41.0 Å². The summed E-state index contributed by atoms with van der Waals surface area (Å²) in [4.78, 5) is 35.4. The number of rotatable bonds is 5. The quantitative estimate of drug-likeness (QED) is 0.757. The zero-order valence-electron chi connectivity index (χ0n) is 12.1.